The SMILES string of the molecule is CCC1NC(=O)C(CC)N(C2CCN3CCCC3C2)C1=O. The van der Waals surface area contributed by atoms with Crippen molar-refractivity contribution in [2.24, 2.45) is 0 Å². The molecule has 21 heavy (non-hydrogen) atoms. The van der Waals surface area contributed by atoms with E-state index in [2.05, 4.69) is 10.2 Å². The van der Waals surface area contributed by atoms with Gasteiger partial charge in [0, 0.05) is 18.6 Å². The summed E-state index contributed by atoms with van der Waals surface area (Å²) in [7, 11) is 0. The Morgan fingerprint density at radius 2 is 1.90 bits per heavy atom. The molecular formula is C16H27N3O2. The van der Waals surface area contributed by atoms with Crippen LogP contribution in [0.4, 0.5) is 0 Å². The molecule has 4 unspecified atom stereocenters. The van der Waals surface area contributed by atoms with Crippen molar-refractivity contribution in [2.45, 2.75) is 76.5 Å². The number of nitrogens with zero attached hydrogens (tertiary/aromatic N) is 2. The number of rotatable bonds is 3. The predicted molar refractivity (Wildman–Crippen MR) is 80.8 cm³/mol. The van der Waals surface area contributed by atoms with Gasteiger partial charge in [-0.1, -0.05) is 13.8 Å². The minimum absolute atomic E-state index is 0.0396. The van der Waals surface area contributed by atoms with Crippen LogP contribution in [-0.4, -0.2) is 58.9 Å². The second-order valence-electron chi connectivity index (χ2n) is 6.65. The van der Waals surface area contributed by atoms with Gasteiger partial charge in [-0.15, -0.1) is 0 Å². The van der Waals surface area contributed by atoms with Gasteiger partial charge in [0.1, 0.15) is 12.1 Å². The Morgan fingerprint density at radius 1 is 1.10 bits per heavy atom. The highest BCUT2D eigenvalue weighted by Crippen LogP contribution is 2.32. The molecule has 0 aromatic rings. The van der Waals surface area contributed by atoms with Gasteiger partial charge in [-0.2, -0.15) is 0 Å². The summed E-state index contributed by atoms with van der Waals surface area (Å²) in [6, 6.07) is 0.293. The fraction of sp³-hybridized carbons (Fsp3) is 0.875. The first-order valence-electron chi connectivity index (χ1n) is 8.52. The number of hydrogen-bond donors (Lipinski definition) is 1. The molecule has 0 radical (unpaired) electrons. The third kappa shape index (κ3) is 2.56. The van der Waals surface area contributed by atoms with Crippen LogP contribution in [0.15, 0.2) is 0 Å². The lowest BCUT2D eigenvalue weighted by Gasteiger charge is -2.47. The minimum atomic E-state index is -0.318. The number of piperazine rings is 1. The molecule has 4 atom stereocenters. The van der Waals surface area contributed by atoms with Gasteiger partial charge < -0.3 is 15.1 Å². The van der Waals surface area contributed by atoms with Crippen LogP contribution in [0.2, 0.25) is 0 Å². The molecule has 3 fully saturated rings. The Hall–Kier alpha value is -1.10. The highest BCUT2D eigenvalue weighted by Gasteiger charge is 2.44. The number of piperidine rings is 1. The van der Waals surface area contributed by atoms with Crippen molar-refractivity contribution in [1.29, 1.82) is 0 Å². The van der Waals surface area contributed by atoms with Crippen molar-refractivity contribution in [3.63, 3.8) is 0 Å². The summed E-state index contributed by atoms with van der Waals surface area (Å²) in [4.78, 5) is 29.6. The summed E-state index contributed by atoms with van der Waals surface area (Å²) in [5.41, 5.74) is 0. The van der Waals surface area contributed by atoms with Gasteiger partial charge in [-0.05, 0) is 45.1 Å². The van der Waals surface area contributed by atoms with E-state index in [1.807, 2.05) is 18.7 Å². The summed E-state index contributed by atoms with van der Waals surface area (Å²) in [5.74, 6) is 0.179. The highest BCUT2D eigenvalue weighted by atomic mass is 16.2. The Bertz CT molecular complexity index is 426. The lowest BCUT2D eigenvalue weighted by atomic mass is 9.92. The Morgan fingerprint density at radius 3 is 2.62 bits per heavy atom. The van der Waals surface area contributed by atoms with E-state index in [1.165, 1.54) is 19.4 Å². The van der Waals surface area contributed by atoms with Crippen molar-refractivity contribution in [1.82, 2.24) is 15.1 Å². The monoisotopic (exact) mass is 293 g/mol. The van der Waals surface area contributed by atoms with E-state index in [-0.39, 0.29) is 29.9 Å². The molecule has 0 bridgehead atoms. The molecule has 5 heteroatoms. The van der Waals surface area contributed by atoms with Gasteiger partial charge in [-0.3, -0.25) is 9.59 Å². The molecule has 0 aromatic heterocycles. The van der Waals surface area contributed by atoms with Crippen molar-refractivity contribution >= 4 is 11.8 Å². The maximum Gasteiger partial charge on any atom is 0.246 e. The first-order valence-corrected chi connectivity index (χ1v) is 8.52. The van der Waals surface area contributed by atoms with Crippen molar-refractivity contribution in [2.75, 3.05) is 13.1 Å². The fourth-order valence-electron chi connectivity index (χ4n) is 4.34. The minimum Gasteiger partial charge on any atom is -0.343 e. The van der Waals surface area contributed by atoms with Crippen LogP contribution in [0.1, 0.15) is 52.4 Å². The standard InChI is InChI=1S/C16H27N3O2/c1-3-13-16(21)19(14(4-2)15(20)17-13)12-7-9-18-8-5-6-11(18)10-12/h11-14H,3-10H2,1-2H3,(H,17,20). The van der Waals surface area contributed by atoms with Crippen LogP contribution in [0.25, 0.3) is 0 Å². The van der Waals surface area contributed by atoms with E-state index in [0.29, 0.717) is 18.9 Å². The molecule has 3 saturated heterocycles. The summed E-state index contributed by atoms with van der Waals surface area (Å²) < 4.78 is 0. The molecule has 3 aliphatic heterocycles. The van der Waals surface area contributed by atoms with E-state index in [1.54, 1.807) is 0 Å². The van der Waals surface area contributed by atoms with Crippen LogP contribution in [-0.2, 0) is 9.59 Å². The van der Waals surface area contributed by atoms with Crippen LogP contribution in [0.3, 0.4) is 0 Å². The number of carbonyl (C=O) groups excluding carboxylic acids is 2. The number of amides is 2. The lowest BCUT2D eigenvalue weighted by molar-refractivity contribution is -0.154. The molecule has 1 N–H and O–H groups in total. The first kappa shape index (κ1) is 14.8. The second-order valence-corrected chi connectivity index (χ2v) is 6.65. The van der Waals surface area contributed by atoms with E-state index in [9.17, 15) is 9.59 Å². The van der Waals surface area contributed by atoms with Gasteiger partial charge in [-0.25, -0.2) is 0 Å². The third-order valence-electron chi connectivity index (χ3n) is 5.49. The van der Waals surface area contributed by atoms with Crippen molar-refractivity contribution in [3.05, 3.63) is 0 Å². The molecule has 3 rings (SSSR count). The first-order chi connectivity index (χ1) is 10.2. The van der Waals surface area contributed by atoms with Gasteiger partial charge in [0.2, 0.25) is 11.8 Å². The largest absolute Gasteiger partial charge is 0.343 e. The number of nitrogens with one attached hydrogen (secondary N) is 1. The molecule has 3 heterocycles. The molecule has 5 nitrogen and oxygen atoms in total. The Balaban J connectivity index is 1.79. The van der Waals surface area contributed by atoms with Gasteiger partial charge >= 0.3 is 0 Å². The summed E-state index contributed by atoms with van der Waals surface area (Å²) in [6.07, 6.45) is 5.98. The summed E-state index contributed by atoms with van der Waals surface area (Å²) in [5, 5.41) is 2.89. The molecule has 3 aliphatic rings. The Labute approximate surface area is 127 Å². The lowest BCUT2D eigenvalue weighted by Crippen LogP contribution is -2.66. The summed E-state index contributed by atoms with van der Waals surface area (Å²) in [6.45, 7) is 6.25. The average Bonchev–Trinajstić information content (AvgIpc) is 2.96. The van der Waals surface area contributed by atoms with Gasteiger partial charge in [0.05, 0.1) is 0 Å². The van der Waals surface area contributed by atoms with Crippen LogP contribution in [0.5, 0.6) is 0 Å². The van der Waals surface area contributed by atoms with E-state index < -0.39 is 0 Å². The zero-order valence-corrected chi connectivity index (χ0v) is 13.2. The van der Waals surface area contributed by atoms with Gasteiger partial charge in [0.15, 0.2) is 0 Å². The van der Waals surface area contributed by atoms with E-state index in [0.717, 1.165) is 19.4 Å². The van der Waals surface area contributed by atoms with Crippen LogP contribution < -0.4 is 5.32 Å². The van der Waals surface area contributed by atoms with Crippen LogP contribution in [0, 0.1) is 0 Å². The van der Waals surface area contributed by atoms with Crippen molar-refractivity contribution in [3.8, 4) is 0 Å². The normalized spacial score (nSPS) is 37.5. The average molecular weight is 293 g/mol. The summed E-state index contributed by atoms with van der Waals surface area (Å²) >= 11 is 0. The smallest absolute Gasteiger partial charge is 0.246 e. The Kier molecular flexibility index (Phi) is 4.20. The number of hydrogen-bond acceptors (Lipinski definition) is 3. The van der Waals surface area contributed by atoms with Crippen molar-refractivity contribution < 1.29 is 9.59 Å². The third-order valence-corrected chi connectivity index (χ3v) is 5.49. The molecular weight excluding hydrogens is 266 g/mol. The van der Waals surface area contributed by atoms with E-state index in [4.69, 9.17) is 0 Å². The quantitative estimate of drug-likeness (QED) is 0.848. The maximum absolute atomic E-state index is 12.8. The molecule has 118 valence electrons. The molecule has 0 saturated carbocycles. The van der Waals surface area contributed by atoms with E-state index >= 15 is 0 Å². The number of fused-ring (bicyclic) bond motifs is 1. The molecule has 2 amide bonds. The zero-order chi connectivity index (χ0) is 15.0. The van der Waals surface area contributed by atoms with Gasteiger partial charge in [0.25, 0.3) is 0 Å². The number of carbonyl (C=O) groups is 2. The topological polar surface area (TPSA) is 52.7 Å². The molecule has 0 aromatic carbocycles. The maximum atomic E-state index is 12.8. The molecule has 0 aliphatic carbocycles. The zero-order valence-electron chi connectivity index (χ0n) is 13.2. The fourth-order valence-corrected chi connectivity index (χ4v) is 4.34. The second kappa shape index (κ2) is 5.95. The van der Waals surface area contributed by atoms with Crippen LogP contribution >= 0.6 is 0 Å². The highest BCUT2D eigenvalue weighted by molar-refractivity contribution is 5.97. The molecule has 0 spiro atoms. The predicted octanol–water partition coefficient (Wildman–Crippen LogP) is 1.13.